The van der Waals surface area contributed by atoms with Gasteiger partial charge in [-0.05, 0) is 78.9 Å². The third-order valence-electron chi connectivity index (χ3n) is 4.62. The monoisotopic (exact) mass is 538 g/mol. The summed E-state index contributed by atoms with van der Waals surface area (Å²) in [5.41, 5.74) is 1.10. The maximum absolute atomic E-state index is 13.8. The number of hydrogen-bond donors (Lipinski definition) is 3. The zero-order valence-electron chi connectivity index (χ0n) is 15.2. The van der Waals surface area contributed by atoms with Crippen molar-refractivity contribution in [2.24, 2.45) is 0 Å². The molecule has 0 saturated carbocycles. The Morgan fingerprint density at radius 2 is 1.79 bits per heavy atom. The molecule has 0 aromatic heterocycles. The first-order valence-corrected chi connectivity index (χ1v) is 11.6. The van der Waals surface area contributed by atoms with Crippen LogP contribution < -0.4 is 15.4 Å². The van der Waals surface area contributed by atoms with Crippen molar-refractivity contribution >= 4 is 61.5 Å². The molecule has 0 aliphatic carbocycles. The lowest BCUT2D eigenvalue weighted by Crippen LogP contribution is -2.45. The van der Waals surface area contributed by atoms with E-state index >= 15 is 0 Å². The number of hydrogen-bond acceptors (Lipinski definition) is 4. The Bertz CT molecular complexity index is 953. The highest BCUT2D eigenvalue weighted by molar-refractivity contribution is 14.1. The second-order valence-corrected chi connectivity index (χ2v) is 9.83. The molecule has 152 valence electrons. The number of benzene rings is 2. The molecule has 0 spiro atoms. The number of nitrogens with zero attached hydrogens (tertiary/aromatic N) is 1. The smallest absolute Gasteiger partial charge is 0.301 e. The van der Waals surface area contributed by atoms with Gasteiger partial charge in [0.15, 0.2) is 0 Å². The summed E-state index contributed by atoms with van der Waals surface area (Å²) in [5.74, 6) is -0.484. The fourth-order valence-electron chi connectivity index (χ4n) is 3.03. The quantitative estimate of drug-likeness (QED) is 0.483. The second kappa shape index (κ2) is 9.12. The van der Waals surface area contributed by atoms with Crippen LogP contribution in [0.3, 0.4) is 0 Å². The van der Waals surface area contributed by atoms with E-state index in [1.54, 1.807) is 12.1 Å². The summed E-state index contributed by atoms with van der Waals surface area (Å²) in [6, 6.07) is 9.54. The average molecular weight is 539 g/mol. The molecule has 0 atom stereocenters. The van der Waals surface area contributed by atoms with Crippen molar-refractivity contribution in [1.29, 1.82) is 0 Å². The normalized spacial score (nSPS) is 16.1. The molecule has 1 aliphatic rings. The molecular weight excluding hydrogens is 518 g/mol. The van der Waals surface area contributed by atoms with Gasteiger partial charge < -0.3 is 10.6 Å². The lowest BCUT2D eigenvalue weighted by molar-refractivity contribution is 0.300. The highest BCUT2D eigenvalue weighted by Gasteiger charge is 2.28. The zero-order valence-corrected chi connectivity index (χ0v) is 18.9. The van der Waals surface area contributed by atoms with Gasteiger partial charge in [-0.15, -0.1) is 0 Å². The minimum Gasteiger partial charge on any atom is -0.353 e. The van der Waals surface area contributed by atoms with Gasteiger partial charge in [-0.2, -0.15) is 12.7 Å². The molecule has 2 aromatic rings. The molecule has 3 N–H and O–H groups in total. The van der Waals surface area contributed by atoms with Gasteiger partial charge >= 0.3 is 10.2 Å². The molecule has 10 heteroatoms. The molecule has 1 aliphatic heterocycles. The summed E-state index contributed by atoms with van der Waals surface area (Å²) in [6.07, 6.45) is 1.48. The summed E-state index contributed by atoms with van der Waals surface area (Å²) in [7, 11) is -1.88. The molecule has 1 saturated heterocycles. The second-order valence-electron chi connectivity index (χ2n) is 6.51. The standard InChI is InChI=1S/C18H21ClFIN4O2S/c1-22-14-6-8-25(9-7-14)28(26,27)24-17-4-2-12(20)10-18(17)23-16-5-3-13(21)11-15(16)19/h2-5,10-11,14,22-24H,6-9H2,1H3. The van der Waals surface area contributed by atoms with Crippen molar-refractivity contribution in [3.63, 3.8) is 0 Å². The Kier molecular flexibility index (Phi) is 7.02. The maximum atomic E-state index is 13.8. The Hall–Kier alpha value is -1.14. The van der Waals surface area contributed by atoms with Crippen molar-refractivity contribution in [2.45, 2.75) is 18.9 Å². The fourth-order valence-corrected chi connectivity index (χ4v) is 5.21. The molecule has 1 fully saturated rings. The molecule has 0 amide bonds. The molecule has 2 aromatic carbocycles. The van der Waals surface area contributed by atoms with Crippen molar-refractivity contribution < 1.29 is 12.8 Å². The molecule has 1 heterocycles. The minimum absolute atomic E-state index is 0.256. The Balaban J connectivity index is 1.82. The van der Waals surface area contributed by atoms with Crippen LogP contribution in [-0.4, -0.2) is 38.9 Å². The van der Waals surface area contributed by atoms with Crippen LogP contribution in [0.2, 0.25) is 5.02 Å². The van der Waals surface area contributed by atoms with Crippen LogP contribution in [0.1, 0.15) is 12.8 Å². The van der Waals surface area contributed by atoms with Gasteiger partial charge in [-0.25, -0.2) is 4.39 Å². The number of piperidine rings is 1. The third kappa shape index (κ3) is 5.26. The van der Waals surface area contributed by atoms with Gasteiger partial charge in [0.2, 0.25) is 0 Å². The summed E-state index contributed by atoms with van der Waals surface area (Å²) in [4.78, 5) is 0. The molecule has 6 nitrogen and oxygen atoms in total. The van der Waals surface area contributed by atoms with Gasteiger partial charge in [0, 0.05) is 22.7 Å². The van der Waals surface area contributed by atoms with Crippen LogP contribution in [0.4, 0.5) is 21.5 Å². The minimum atomic E-state index is -3.75. The van der Waals surface area contributed by atoms with E-state index in [2.05, 4.69) is 37.9 Å². The van der Waals surface area contributed by atoms with Crippen LogP contribution in [-0.2, 0) is 10.2 Å². The van der Waals surface area contributed by atoms with Crippen LogP contribution >= 0.6 is 34.2 Å². The Morgan fingerprint density at radius 1 is 1.11 bits per heavy atom. The summed E-state index contributed by atoms with van der Waals surface area (Å²) in [5, 5.41) is 6.65. The van der Waals surface area contributed by atoms with E-state index in [0.29, 0.717) is 29.8 Å². The molecule has 0 bridgehead atoms. The van der Waals surface area contributed by atoms with E-state index in [0.717, 1.165) is 16.4 Å². The van der Waals surface area contributed by atoms with Crippen LogP contribution in [0.15, 0.2) is 36.4 Å². The van der Waals surface area contributed by atoms with E-state index in [9.17, 15) is 12.8 Å². The van der Waals surface area contributed by atoms with Crippen LogP contribution in [0.25, 0.3) is 0 Å². The number of halogens is 3. The first-order valence-electron chi connectivity index (χ1n) is 8.75. The lowest BCUT2D eigenvalue weighted by Gasteiger charge is -2.31. The Morgan fingerprint density at radius 3 is 2.43 bits per heavy atom. The average Bonchev–Trinajstić information content (AvgIpc) is 2.66. The third-order valence-corrected chi connectivity index (χ3v) is 7.13. The Labute approximate surface area is 183 Å². The van der Waals surface area contributed by atoms with E-state index in [1.165, 1.54) is 22.5 Å². The van der Waals surface area contributed by atoms with Gasteiger partial charge in [0.05, 0.1) is 22.1 Å². The molecular formula is C18H21ClFIN4O2S. The van der Waals surface area contributed by atoms with E-state index < -0.39 is 16.0 Å². The predicted octanol–water partition coefficient (Wildman–Crippen LogP) is 4.17. The molecule has 28 heavy (non-hydrogen) atoms. The highest BCUT2D eigenvalue weighted by atomic mass is 127. The van der Waals surface area contributed by atoms with Crippen LogP contribution in [0, 0.1) is 9.39 Å². The summed E-state index contributed by atoms with van der Waals surface area (Å²) >= 11 is 8.38. The van der Waals surface area contributed by atoms with Crippen LogP contribution in [0.5, 0.6) is 0 Å². The van der Waals surface area contributed by atoms with E-state index in [1.807, 2.05) is 13.1 Å². The number of anilines is 3. The van der Waals surface area contributed by atoms with E-state index in [-0.39, 0.29) is 11.4 Å². The number of rotatable bonds is 6. The largest absolute Gasteiger partial charge is 0.353 e. The predicted molar refractivity (Wildman–Crippen MR) is 120 cm³/mol. The van der Waals surface area contributed by atoms with Crippen molar-refractivity contribution in [3.05, 3.63) is 50.8 Å². The maximum Gasteiger partial charge on any atom is 0.301 e. The fraction of sp³-hybridized carbons (Fsp3) is 0.333. The van der Waals surface area contributed by atoms with Gasteiger partial charge in [0.25, 0.3) is 0 Å². The summed E-state index contributed by atoms with van der Waals surface area (Å²) < 4.78 is 44.3. The van der Waals surface area contributed by atoms with E-state index in [4.69, 9.17) is 11.6 Å². The molecule has 0 radical (unpaired) electrons. The van der Waals surface area contributed by atoms with Crippen molar-refractivity contribution in [1.82, 2.24) is 9.62 Å². The summed E-state index contributed by atoms with van der Waals surface area (Å²) in [6.45, 7) is 0.849. The number of nitrogens with one attached hydrogen (secondary N) is 3. The van der Waals surface area contributed by atoms with Crippen molar-refractivity contribution in [2.75, 3.05) is 30.2 Å². The van der Waals surface area contributed by atoms with Gasteiger partial charge in [0.1, 0.15) is 5.82 Å². The topological polar surface area (TPSA) is 73.5 Å². The van der Waals surface area contributed by atoms with Crippen molar-refractivity contribution in [3.8, 4) is 0 Å². The molecule has 3 rings (SSSR count). The lowest BCUT2D eigenvalue weighted by atomic mass is 10.1. The SMILES string of the molecule is CNC1CCN(S(=O)(=O)Nc2ccc(F)cc2Nc2ccc(I)cc2Cl)CC1. The van der Waals surface area contributed by atoms with Gasteiger partial charge in [-0.1, -0.05) is 11.6 Å². The molecule has 0 unspecified atom stereocenters. The highest BCUT2D eigenvalue weighted by Crippen LogP contribution is 2.32. The zero-order chi connectivity index (χ0) is 20.3. The first kappa shape index (κ1) is 21.6. The first-order chi connectivity index (χ1) is 13.3. The van der Waals surface area contributed by atoms with Gasteiger partial charge in [-0.3, -0.25) is 4.72 Å².